The molecule has 0 bridgehead atoms. The number of benzene rings is 1. The van der Waals surface area contributed by atoms with E-state index in [9.17, 15) is 14.7 Å². The number of aromatic nitrogens is 3. The Morgan fingerprint density at radius 2 is 1.83 bits per heavy atom. The summed E-state index contributed by atoms with van der Waals surface area (Å²) in [5, 5.41) is 19.5. The summed E-state index contributed by atoms with van der Waals surface area (Å²) in [6, 6.07) is 3.87. The average molecular weight is 707 g/mol. The number of carboxylic acid groups (broad SMARTS) is 1. The van der Waals surface area contributed by atoms with Crippen LogP contribution in [0.1, 0.15) is 95.6 Å². The van der Waals surface area contributed by atoms with Crippen molar-refractivity contribution in [3.63, 3.8) is 0 Å². The third kappa shape index (κ3) is 7.23. The first-order chi connectivity index (χ1) is 22.8. The van der Waals surface area contributed by atoms with E-state index >= 15 is 0 Å². The maximum Gasteiger partial charge on any atom is 0.407 e. The first-order valence-electron chi connectivity index (χ1n) is 16.5. The molecular weight excluding hydrogens is 661 g/mol. The molecule has 262 valence electrons. The molecule has 2 N–H and O–H groups in total. The molecule has 0 radical (unpaired) electrons. The summed E-state index contributed by atoms with van der Waals surface area (Å²) in [6.45, 7) is 12.7. The summed E-state index contributed by atoms with van der Waals surface area (Å²) in [4.78, 5) is 32.5. The van der Waals surface area contributed by atoms with Crippen LogP contribution in [0, 0.1) is 5.41 Å². The molecule has 2 fully saturated rings. The molecule has 0 spiro atoms. The number of fused-ring (bicyclic) bond motifs is 1. The van der Waals surface area contributed by atoms with Gasteiger partial charge in [0.2, 0.25) is 0 Å². The minimum absolute atomic E-state index is 0.138. The number of piperidine rings is 1. The van der Waals surface area contributed by atoms with E-state index < -0.39 is 41.4 Å². The minimum atomic E-state index is -1.26. The van der Waals surface area contributed by atoms with Crippen molar-refractivity contribution in [3.05, 3.63) is 51.9 Å². The summed E-state index contributed by atoms with van der Waals surface area (Å²) in [5.74, 6) is -1.30. The number of nitrogens with zero attached hydrogens (tertiary/aromatic N) is 4. The highest BCUT2D eigenvalue weighted by molar-refractivity contribution is 6.35. The third-order valence-corrected chi connectivity index (χ3v) is 9.56. The first-order valence-corrected chi connectivity index (χ1v) is 17.2. The van der Waals surface area contributed by atoms with Crippen LogP contribution in [0.5, 0.6) is 5.75 Å². The zero-order valence-corrected chi connectivity index (χ0v) is 29.8. The fraction of sp³-hybridized carbons (Fsp3) is 0.588. The number of pyridine rings is 1. The van der Waals surface area contributed by atoms with Gasteiger partial charge in [-0.1, -0.05) is 44.0 Å². The number of nitrogens with one attached hydrogen (secondary N) is 1. The Kier molecular flexibility index (Phi) is 11.1. The lowest BCUT2D eigenvalue weighted by molar-refractivity contribution is -0.277. The summed E-state index contributed by atoms with van der Waals surface area (Å²) in [6.07, 6.45) is 3.94. The van der Waals surface area contributed by atoms with Crippen molar-refractivity contribution in [1.82, 2.24) is 25.0 Å². The standard InChI is InChI=1S/C34H45Cl2N5O7/c1-7-46-34(47-8-2)14-15-40(32(43)44)30(33(4,5)6)29(34)38-31(42)28-22-17-21(48-20(3)27-23(35)18-37-19-24(27)36)12-13-25(22)41(39-28)26-11-9-10-16-45-26/h12-13,17-20,26,29-30H,7-11,14-16H2,1-6H3,(H,38,42)(H,43,44). The van der Waals surface area contributed by atoms with Crippen LogP contribution in [0.2, 0.25) is 10.0 Å². The molecule has 0 saturated carbocycles. The van der Waals surface area contributed by atoms with E-state index in [0.29, 0.717) is 52.1 Å². The largest absolute Gasteiger partial charge is 0.486 e. The van der Waals surface area contributed by atoms with Crippen molar-refractivity contribution < 1.29 is 33.6 Å². The molecular formula is C34H45Cl2N5O7. The summed E-state index contributed by atoms with van der Waals surface area (Å²) in [5.41, 5.74) is 0.824. The fourth-order valence-corrected chi connectivity index (χ4v) is 7.67. The summed E-state index contributed by atoms with van der Waals surface area (Å²) >= 11 is 12.8. The Morgan fingerprint density at radius 1 is 1.15 bits per heavy atom. The molecule has 3 aromatic rings. The zero-order valence-electron chi connectivity index (χ0n) is 28.3. The minimum Gasteiger partial charge on any atom is -0.486 e. The second kappa shape index (κ2) is 14.8. The van der Waals surface area contributed by atoms with Gasteiger partial charge in [0.1, 0.15) is 17.9 Å². The van der Waals surface area contributed by atoms with Gasteiger partial charge in [-0.2, -0.15) is 5.10 Å². The van der Waals surface area contributed by atoms with Gasteiger partial charge in [0.15, 0.2) is 17.7 Å². The number of halogens is 2. The molecule has 2 amide bonds. The monoisotopic (exact) mass is 705 g/mol. The van der Waals surface area contributed by atoms with Gasteiger partial charge in [0.05, 0.1) is 21.6 Å². The van der Waals surface area contributed by atoms with Crippen LogP contribution in [-0.4, -0.2) is 81.0 Å². The van der Waals surface area contributed by atoms with Crippen LogP contribution in [0.3, 0.4) is 0 Å². The number of carbonyl (C=O) groups is 2. The Balaban J connectivity index is 1.59. The van der Waals surface area contributed by atoms with Gasteiger partial charge in [-0.3, -0.25) is 9.78 Å². The van der Waals surface area contributed by atoms with Crippen LogP contribution in [0.25, 0.3) is 10.9 Å². The Bertz CT molecular complexity index is 1590. The van der Waals surface area contributed by atoms with Crippen molar-refractivity contribution in [1.29, 1.82) is 0 Å². The third-order valence-electron chi connectivity index (χ3n) is 8.95. The van der Waals surface area contributed by atoms with Crippen LogP contribution in [0.4, 0.5) is 4.79 Å². The fourth-order valence-electron chi connectivity index (χ4n) is 7.00. The molecule has 0 aliphatic carbocycles. The lowest BCUT2D eigenvalue weighted by Gasteiger charge is -2.54. The zero-order chi connectivity index (χ0) is 34.8. The highest BCUT2D eigenvalue weighted by Gasteiger charge is 2.56. The maximum atomic E-state index is 14.5. The van der Waals surface area contributed by atoms with E-state index in [0.717, 1.165) is 19.3 Å². The predicted octanol–water partition coefficient (Wildman–Crippen LogP) is 7.24. The van der Waals surface area contributed by atoms with E-state index in [-0.39, 0.29) is 24.9 Å². The molecule has 2 aliphatic rings. The number of ether oxygens (including phenoxy) is 4. The predicted molar refractivity (Wildman–Crippen MR) is 182 cm³/mol. The molecule has 48 heavy (non-hydrogen) atoms. The van der Waals surface area contributed by atoms with Gasteiger partial charge in [-0.15, -0.1) is 0 Å². The van der Waals surface area contributed by atoms with Gasteiger partial charge < -0.3 is 34.3 Å². The molecule has 1 aromatic carbocycles. The Hall–Kier alpha value is -3.16. The van der Waals surface area contributed by atoms with Gasteiger partial charge in [0.25, 0.3) is 5.91 Å². The molecule has 14 heteroatoms. The Labute approximate surface area is 291 Å². The molecule has 2 saturated heterocycles. The Morgan fingerprint density at radius 3 is 2.42 bits per heavy atom. The average Bonchev–Trinajstić information content (AvgIpc) is 3.41. The van der Waals surface area contributed by atoms with Crippen LogP contribution < -0.4 is 10.1 Å². The number of likely N-dealkylation sites (tertiary alicyclic amines) is 1. The quantitative estimate of drug-likeness (QED) is 0.209. The number of amides is 2. The van der Waals surface area contributed by atoms with E-state index in [1.807, 2.05) is 47.6 Å². The molecule has 2 aliphatic heterocycles. The maximum absolute atomic E-state index is 14.5. The van der Waals surface area contributed by atoms with Crippen LogP contribution in [0.15, 0.2) is 30.6 Å². The lowest BCUT2D eigenvalue weighted by atomic mass is 9.75. The van der Waals surface area contributed by atoms with E-state index in [1.165, 1.54) is 17.3 Å². The van der Waals surface area contributed by atoms with Crippen molar-refractivity contribution in [2.24, 2.45) is 5.41 Å². The SMILES string of the molecule is CCOC1(OCC)CCN(C(=O)O)C(C(C)(C)C)C1NC(=O)c1nn(C2CCCCO2)c2ccc(OC(C)c3c(Cl)cncc3Cl)cc12. The van der Waals surface area contributed by atoms with E-state index in [1.54, 1.807) is 16.8 Å². The lowest BCUT2D eigenvalue weighted by Crippen LogP contribution is -2.72. The smallest absolute Gasteiger partial charge is 0.407 e. The van der Waals surface area contributed by atoms with Crippen LogP contribution >= 0.6 is 23.2 Å². The van der Waals surface area contributed by atoms with Gasteiger partial charge in [-0.05, 0) is 63.6 Å². The molecule has 4 atom stereocenters. The molecule has 12 nitrogen and oxygen atoms in total. The van der Waals surface area contributed by atoms with Gasteiger partial charge in [-0.25, -0.2) is 9.48 Å². The van der Waals surface area contributed by atoms with Gasteiger partial charge in [0, 0.05) is 56.1 Å². The number of hydrogen-bond acceptors (Lipinski definition) is 8. The number of carbonyl (C=O) groups excluding carboxylic acids is 1. The number of rotatable bonds is 10. The molecule has 5 rings (SSSR count). The highest BCUT2D eigenvalue weighted by Crippen LogP contribution is 2.41. The second-order valence-corrected chi connectivity index (χ2v) is 14.1. The van der Waals surface area contributed by atoms with E-state index in [4.69, 9.17) is 47.2 Å². The molecule has 4 heterocycles. The second-order valence-electron chi connectivity index (χ2n) is 13.2. The van der Waals surface area contributed by atoms with Gasteiger partial charge >= 0.3 is 6.09 Å². The number of hydrogen-bond donors (Lipinski definition) is 2. The normalized spacial score (nSPS) is 22.0. The molecule has 2 aromatic heterocycles. The van der Waals surface area contributed by atoms with Crippen molar-refractivity contribution in [2.45, 2.75) is 97.4 Å². The van der Waals surface area contributed by atoms with E-state index in [2.05, 4.69) is 10.3 Å². The van der Waals surface area contributed by atoms with Crippen molar-refractivity contribution >= 4 is 46.1 Å². The topological polar surface area (TPSA) is 137 Å². The van der Waals surface area contributed by atoms with Crippen molar-refractivity contribution in [3.8, 4) is 5.75 Å². The summed E-state index contributed by atoms with van der Waals surface area (Å²) in [7, 11) is 0. The summed E-state index contributed by atoms with van der Waals surface area (Å²) < 4.78 is 26.7. The first kappa shape index (κ1) is 36.1. The van der Waals surface area contributed by atoms with Crippen LogP contribution in [-0.2, 0) is 14.2 Å². The van der Waals surface area contributed by atoms with Crippen molar-refractivity contribution in [2.75, 3.05) is 26.4 Å². The molecule has 4 unspecified atom stereocenters. The highest BCUT2D eigenvalue weighted by atomic mass is 35.5.